The number of carbonyl (C=O) groups is 1. The van der Waals surface area contributed by atoms with Crippen molar-refractivity contribution in [2.45, 2.75) is 59.2 Å². The van der Waals surface area contributed by atoms with E-state index in [4.69, 9.17) is 9.47 Å². The van der Waals surface area contributed by atoms with Crippen LogP contribution in [0.4, 0.5) is 13.2 Å². The zero-order valence-corrected chi connectivity index (χ0v) is 20.8. The fraction of sp³-hybridized carbons (Fsp3) is 0.519. The molecule has 0 radical (unpaired) electrons. The van der Waals surface area contributed by atoms with Gasteiger partial charge in [0.2, 0.25) is 5.91 Å². The van der Waals surface area contributed by atoms with Crippen molar-refractivity contribution in [3.63, 3.8) is 0 Å². The highest BCUT2D eigenvalue weighted by Gasteiger charge is 2.36. The molecular weight excluding hydrogens is 443 g/mol. The monoisotopic (exact) mass is 477 g/mol. The van der Waals surface area contributed by atoms with Crippen LogP contribution in [0.2, 0.25) is 0 Å². The summed E-state index contributed by atoms with van der Waals surface area (Å²) in [6, 6.07) is 8.27. The summed E-state index contributed by atoms with van der Waals surface area (Å²) >= 11 is 0. The fourth-order valence-electron chi connectivity index (χ4n) is 4.99. The molecule has 1 amide bonds. The van der Waals surface area contributed by atoms with Crippen molar-refractivity contribution in [3.05, 3.63) is 58.7 Å². The minimum Gasteiger partial charge on any atom is -0.493 e. The molecule has 1 aliphatic heterocycles. The molecule has 1 heterocycles. The van der Waals surface area contributed by atoms with Crippen LogP contribution in [0, 0.1) is 11.3 Å². The molecule has 0 N–H and O–H groups in total. The first-order chi connectivity index (χ1) is 15.8. The number of methoxy groups -OCH3 is 2. The van der Waals surface area contributed by atoms with Crippen molar-refractivity contribution in [3.8, 4) is 11.5 Å². The molecule has 4 nitrogen and oxygen atoms in total. The summed E-state index contributed by atoms with van der Waals surface area (Å²) in [6.07, 6.45) is -2.66. The molecule has 0 saturated heterocycles. The number of carbonyl (C=O) groups excluding carboxylic acids is 1. The van der Waals surface area contributed by atoms with Crippen LogP contribution < -0.4 is 9.47 Å². The molecule has 0 aromatic heterocycles. The van der Waals surface area contributed by atoms with E-state index in [9.17, 15) is 18.0 Å². The van der Waals surface area contributed by atoms with Crippen molar-refractivity contribution in [2.75, 3.05) is 20.8 Å². The highest BCUT2D eigenvalue weighted by molar-refractivity contribution is 5.78. The molecule has 0 bridgehead atoms. The minimum atomic E-state index is -4.47. The Labute approximate surface area is 200 Å². The second-order valence-electron chi connectivity index (χ2n) is 10.3. The molecule has 186 valence electrons. The standard InChI is InChI=1S/C27H34F3NO3/c1-17(16-26(2,3)4)12-24(32)31-11-10-18-14-22(33-5)23(34-6)15-21(18)25(31)19-8-7-9-20(13-19)27(28,29)30/h7-9,13-15,17,25H,10-12,16H2,1-6H3/t17-,25-/m1/s1. The third kappa shape index (κ3) is 5.86. The number of amides is 1. The van der Waals surface area contributed by atoms with Crippen LogP contribution in [-0.4, -0.2) is 31.6 Å². The fourth-order valence-corrected chi connectivity index (χ4v) is 4.99. The van der Waals surface area contributed by atoms with Crippen LogP contribution in [-0.2, 0) is 17.4 Å². The van der Waals surface area contributed by atoms with E-state index in [0.29, 0.717) is 36.4 Å². The van der Waals surface area contributed by atoms with E-state index in [-0.39, 0.29) is 17.2 Å². The van der Waals surface area contributed by atoms with E-state index in [2.05, 4.69) is 20.8 Å². The number of fused-ring (bicyclic) bond motifs is 1. The zero-order chi connectivity index (χ0) is 25.3. The summed E-state index contributed by atoms with van der Waals surface area (Å²) in [5.74, 6) is 1.14. The van der Waals surface area contributed by atoms with Crippen LogP contribution in [0.1, 0.15) is 68.8 Å². The minimum absolute atomic E-state index is 0.0559. The van der Waals surface area contributed by atoms with Crippen molar-refractivity contribution >= 4 is 5.91 Å². The largest absolute Gasteiger partial charge is 0.493 e. The Bertz CT molecular complexity index is 1030. The molecule has 0 spiro atoms. The Morgan fingerprint density at radius 3 is 2.32 bits per heavy atom. The Balaban J connectivity index is 2.07. The van der Waals surface area contributed by atoms with Crippen LogP contribution in [0.15, 0.2) is 36.4 Å². The van der Waals surface area contributed by atoms with Gasteiger partial charge in [-0.2, -0.15) is 13.2 Å². The van der Waals surface area contributed by atoms with Crippen LogP contribution >= 0.6 is 0 Å². The van der Waals surface area contributed by atoms with Gasteiger partial charge in [0.1, 0.15) is 0 Å². The lowest BCUT2D eigenvalue weighted by atomic mass is 9.83. The summed E-state index contributed by atoms with van der Waals surface area (Å²) in [4.78, 5) is 15.2. The summed E-state index contributed by atoms with van der Waals surface area (Å²) in [7, 11) is 3.06. The van der Waals surface area contributed by atoms with Crippen molar-refractivity contribution < 1.29 is 27.4 Å². The smallest absolute Gasteiger partial charge is 0.416 e. The third-order valence-electron chi connectivity index (χ3n) is 6.21. The van der Waals surface area contributed by atoms with E-state index < -0.39 is 17.8 Å². The van der Waals surface area contributed by atoms with Gasteiger partial charge in [-0.15, -0.1) is 0 Å². The summed E-state index contributed by atoms with van der Waals surface area (Å²) in [5, 5.41) is 0. The average Bonchev–Trinajstić information content (AvgIpc) is 2.75. The second-order valence-corrected chi connectivity index (χ2v) is 10.3. The Morgan fingerprint density at radius 2 is 1.74 bits per heavy atom. The molecule has 34 heavy (non-hydrogen) atoms. The summed E-state index contributed by atoms with van der Waals surface area (Å²) in [5.41, 5.74) is 1.48. The van der Waals surface area contributed by atoms with E-state index in [1.807, 2.05) is 13.0 Å². The number of nitrogens with zero attached hydrogens (tertiary/aromatic N) is 1. The maximum absolute atomic E-state index is 13.5. The van der Waals surface area contributed by atoms with Crippen molar-refractivity contribution in [1.82, 2.24) is 4.90 Å². The van der Waals surface area contributed by atoms with Gasteiger partial charge in [0.15, 0.2) is 11.5 Å². The Morgan fingerprint density at radius 1 is 1.09 bits per heavy atom. The first-order valence-electron chi connectivity index (χ1n) is 11.6. The van der Waals surface area contributed by atoms with Crippen molar-refractivity contribution in [1.29, 1.82) is 0 Å². The predicted octanol–water partition coefficient (Wildman–Crippen LogP) is 6.66. The first-order valence-corrected chi connectivity index (χ1v) is 11.6. The molecule has 2 aromatic carbocycles. The Hall–Kier alpha value is -2.70. The number of alkyl halides is 3. The number of rotatable bonds is 6. The molecule has 2 aromatic rings. The molecule has 0 unspecified atom stereocenters. The van der Waals surface area contributed by atoms with E-state index in [1.165, 1.54) is 13.2 Å². The van der Waals surface area contributed by atoms with Gasteiger partial charge in [-0.25, -0.2) is 0 Å². The quantitative estimate of drug-likeness (QED) is 0.467. The van der Waals surface area contributed by atoms with Crippen molar-refractivity contribution in [2.24, 2.45) is 11.3 Å². The van der Waals surface area contributed by atoms with E-state index in [0.717, 1.165) is 29.7 Å². The number of ether oxygens (including phenoxy) is 2. The first kappa shape index (κ1) is 25.9. The number of halogens is 3. The average molecular weight is 478 g/mol. The van der Waals surface area contributed by atoms with Gasteiger partial charge in [-0.05, 0) is 65.1 Å². The molecule has 0 fully saturated rings. The topological polar surface area (TPSA) is 38.8 Å². The predicted molar refractivity (Wildman–Crippen MR) is 126 cm³/mol. The molecule has 0 aliphatic carbocycles. The van der Waals surface area contributed by atoms with Gasteiger partial charge in [-0.1, -0.05) is 39.8 Å². The highest BCUT2D eigenvalue weighted by atomic mass is 19.4. The molecule has 0 saturated carbocycles. The second kappa shape index (κ2) is 9.88. The van der Waals surface area contributed by atoms with Gasteiger partial charge in [0.05, 0.1) is 25.8 Å². The Kier molecular flexibility index (Phi) is 7.53. The van der Waals surface area contributed by atoms with Crippen LogP contribution in [0.5, 0.6) is 11.5 Å². The van der Waals surface area contributed by atoms with E-state index in [1.54, 1.807) is 24.1 Å². The maximum Gasteiger partial charge on any atom is 0.416 e. The van der Waals surface area contributed by atoms with Crippen LogP contribution in [0.3, 0.4) is 0 Å². The van der Waals surface area contributed by atoms with Crippen LogP contribution in [0.25, 0.3) is 0 Å². The molecular formula is C27H34F3NO3. The molecule has 7 heteroatoms. The number of hydrogen-bond acceptors (Lipinski definition) is 3. The van der Waals surface area contributed by atoms with Gasteiger partial charge < -0.3 is 14.4 Å². The summed E-state index contributed by atoms with van der Waals surface area (Å²) in [6.45, 7) is 8.88. The lowest BCUT2D eigenvalue weighted by Gasteiger charge is -2.39. The maximum atomic E-state index is 13.5. The van der Waals surface area contributed by atoms with Gasteiger partial charge in [0.25, 0.3) is 0 Å². The third-order valence-corrected chi connectivity index (χ3v) is 6.21. The number of benzene rings is 2. The normalized spacial score (nSPS) is 17.2. The zero-order valence-electron chi connectivity index (χ0n) is 20.8. The molecule has 1 aliphatic rings. The van der Waals surface area contributed by atoms with Gasteiger partial charge in [0, 0.05) is 13.0 Å². The SMILES string of the molecule is COc1cc2c(cc1OC)[C@@H](c1cccc(C(F)(F)F)c1)N(C(=O)C[C@@H](C)CC(C)(C)C)CC2. The molecule has 3 rings (SSSR count). The lowest BCUT2D eigenvalue weighted by molar-refractivity contribution is -0.137. The van der Waals surface area contributed by atoms with Gasteiger partial charge >= 0.3 is 6.18 Å². The number of hydrogen-bond donors (Lipinski definition) is 0. The molecule has 2 atom stereocenters. The van der Waals surface area contributed by atoms with E-state index >= 15 is 0 Å². The lowest BCUT2D eigenvalue weighted by Crippen LogP contribution is -2.41. The van der Waals surface area contributed by atoms with Gasteiger partial charge in [-0.3, -0.25) is 4.79 Å². The highest BCUT2D eigenvalue weighted by Crippen LogP contribution is 2.42. The summed E-state index contributed by atoms with van der Waals surface area (Å²) < 4.78 is 51.4.